The number of alkyl halides is 1. The molecule has 1 aliphatic heterocycles. The highest BCUT2D eigenvalue weighted by Gasteiger charge is 2.35. The number of rotatable bonds is 1. The molecular formula is C9H10F2N2O. The van der Waals surface area contributed by atoms with Crippen molar-refractivity contribution in [3.05, 3.63) is 24.1 Å². The van der Waals surface area contributed by atoms with Crippen molar-refractivity contribution >= 4 is 6.02 Å². The second kappa shape index (κ2) is 3.40. The van der Waals surface area contributed by atoms with Crippen LogP contribution >= 0.6 is 0 Å². The molecule has 0 amide bonds. The Morgan fingerprint density at radius 1 is 1.57 bits per heavy atom. The molecule has 2 rings (SSSR count). The molecule has 1 heterocycles. The first-order valence-corrected chi connectivity index (χ1v) is 4.32. The van der Waals surface area contributed by atoms with Gasteiger partial charge in [0.1, 0.15) is 12.4 Å². The number of halogens is 2. The predicted molar refractivity (Wildman–Crippen MR) is 48.1 cm³/mol. The Hall–Kier alpha value is -1.39. The molecule has 1 aliphatic carbocycles. The van der Waals surface area contributed by atoms with Crippen LogP contribution in [0.2, 0.25) is 0 Å². The van der Waals surface area contributed by atoms with Crippen LogP contribution < -0.4 is 5.73 Å². The van der Waals surface area contributed by atoms with E-state index >= 15 is 0 Å². The van der Waals surface area contributed by atoms with Crippen LogP contribution in [0.3, 0.4) is 0 Å². The standard InChI is InChI=1S/C9H10F2N2O/c10-6-3-1-2-5(8(6)11)7-4-14-9(12)13-7/h1-3,5,7-8H,4H2,(H2,12,13)/t5?,7-,8?/m1/s1. The van der Waals surface area contributed by atoms with Gasteiger partial charge < -0.3 is 10.5 Å². The fourth-order valence-electron chi connectivity index (χ4n) is 1.58. The highest BCUT2D eigenvalue weighted by molar-refractivity contribution is 5.73. The number of hydrogen-bond donors (Lipinski definition) is 1. The first kappa shape index (κ1) is 9.18. The van der Waals surface area contributed by atoms with Gasteiger partial charge in [0.15, 0.2) is 6.17 Å². The van der Waals surface area contributed by atoms with Crippen LogP contribution in [0.4, 0.5) is 8.78 Å². The van der Waals surface area contributed by atoms with Crippen LogP contribution in [0.15, 0.2) is 29.0 Å². The van der Waals surface area contributed by atoms with Crippen molar-refractivity contribution in [2.75, 3.05) is 6.61 Å². The molecule has 2 aliphatic rings. The van der Waals surface area contributed by atoms with E-state index < -0.39 is 24.0 Å². The van der Waals surface area contributed by atoms with Gasteiger partial charge >= 0.3 is 0 Å². The summed E-state index contributed by atoms with van der Waals surface area (Å²) in [5.41, 5.74) is 5.28. The highest BCUT2D eigenvalue weighted by atomic mass is 19.2. The molecule has 2 N–H and O–H groups in total. The molecular weight excluding hydrogens is 190 g/mol. The lowest BCUT2D eigenvalue weighted by atomic mass is 9.91. The van der Waals surface area contributed by atoms with Crippen LogP contribution in [-0.4, -0.2) is 24.8 Å². The Kier molecular flexibility index (Phi) is 2.23. The molecule has 0 radical (unpaired) electrons. The molecule has 0 aromatic carbocycles. The number of aliphatic imine (C=N–C) groups is 1. The Labute approximate surface area is 79.9 Å². The molecule has 5 heteroatoms. The fraction of sp³-hybridized carbons (Fsp3) is 0.444. The summed E-state index contributed by atoms with van der Waals surface area (Å²) in [5.74, 6) is -1.38. The van der Waals surface area contributed by atoms with Crippen molar-refractivity contribution in [2.45, 2.75) is 12.2 Å². The smallest absolute Gasteiger partial charge is 0.282 e. The van der Waals surface area contributed by atoms with E-state index in [1.807, 2.05) is 0 Å². The van der Waals surface area contributed by atoms with E-state index in [2.05, 4.69) is 4.99 Å². The second-order valence-electron chi connectivity index (χ2n) is 3.26. The van der Waals surface area contributed by atoms with Gasteiger partial charge in [-0.1, -0.05) is 12.2 Å². The molecule has 3 atom stereocenters. The molecule has 14 heavy (non-hydrogen) atoms. The summed E-state index contributed by atoms with van der Waals surface area (Å²) in [6.45, 7) is 0.217. The summed E-state index contributed by atoms with van der Waals surface area (Å²) in [6.07, 6.45) is 2.55. The molecule has 3 nitrogen and oxygen atoms in total. The molecule has 0 aromatic heterocycles. The highest BCUT2D eigenvalue weighted by Crippen LogP contribution is 2.29. The maximum atomic E-state index is 13.4. The van der Waals surface area contributed by atoms with Crippen LogP contribution in [0, 0.1) is 5.92 Å². The maximum Gasteiger partial charge on any atom is 0.282 e. The lowest BCUT2D eigenvalue weighted by molar-refractivity contribution is 0.208. The van der Waals surface area contributed by atoms with Crippen LogP contribution in [-0.2, 0) is 4.74 Å². The van der Waals surface area contributed by atoms with Crippen LogP contribution in [0.5, 0.6) is 0 Å². The zero-order valence-corrected chi connectivity index (χ0v) is 7.36. The van der Waals surface area contributed by atoms with Gasteiger partial charge in [-0.3, -0.25) is 0 Å². The number of allylic oxidation sites excluding steroid dienone is 3. The number of nitrogens with two attached hydrogens (primary N) is 1. The van der Waals surface area contributed by atoms with Crippen LogP contribution in [0.25, 0.3) is 0 Å². The Balaban J connectivity index is 2.13. The summed E-state index contributed by atoms with van der Waals surface area (Å²) in [5, 5.41) is 0. The molecule has 2 unspecified atom stereocenters. The van der Waals surface area contributed by atoms with E-state index in [1.54, 1.807) is 6.08 Å². The molecule has 76 valence electrons. The minimum absolute atomic E-state index is 0.0468. The van der Waals surface area contributed by atoms with E-state index in [0.29, 0.717) is 0 Å². The Bertz CT molecular complexity index is 325. The molecule has 0 aromatic rings. The van der Waals surface area contributed by atoms with Crippen molar-refractivity contribution in [3.63, 3.8) is 0 Å². The van der Waals surface area contributed by atoms with E-state index in [0.717, 1.165) is 6.08 Å². The number of amidine groups is 1. The van der Waals surface area contributed by atoms with Crippen molar-refractivity contribution in [3.8, 4) is 0 Å². The first-order chi connectivity index (χ1) is 6.68. The fourth-order valence-corrected chi connectivity index (χ4v) is 1.58. The summed E-state index contributed by atoms with van der Waals surface area (Å²) >= 11 is 0. The van der Waals surface area contributed by atoms with E-state index in [4.69, 9.17) is 10.5 Å². The van der Waals surface area contributed by atoms with Crippen LogP contribution in [0.1, 0.15) is 0 Å². The molecule has 0 fully saturated rings. The van der Waals surface area contributed by atoms with Gasteiger partial charge in [0.25, 0.3) is 6.02 Å². The third-order valence-electron chi connectivity index (χ3n) is 2.33. The summed E-state index contributed by atoms with van der Waals surface area (Å²) in [7, 11) is 0. The van der Waals surface area contributed by atoms with Gasteiger partial charge in [0, 0.05) is 5.92 Å². The largest absolute Gasteiger partial charge is 0.463 e. The third kappa shape index (κ3) is 1.49. The molecule has 0 spiro atoms. The maximum absolute atomic E-state index is 13.4. The van der Waals surface area contributed by atoms with Gasteiger partial charge in [0.2, 0.25) is 0 Å². The first-order valence-electron chi connectivity index (χ1n) is 4.32. The van der Waals surface area contributed by atoms with E-state index in [-0.39, 0.29) is 12.6 Å². The molecule has 0 saturated heterocycles. The summed E-state index contributed by atoms with van der Waals surface area (Å²) < 4.78 is 31.1. The summed E-state index contributed by atoms with van der Waals surface area (Å²) in [4.78, 5) is 3.88. The van der Waals surface area contributed by atoms with Crippen molar-refractivity contribution in [1.29, 1.82) is 0 Å². The third-order valence-corrected chi connectivity index (χ3v) is 2.33. The van der Waals surface area contributed by atoms with Gasteiger partial charge in [-0.2, -0.15) is 0 Å². The zero-order valence-electron chi connectivity index (χ0n) is 7.36. The zero-order chi connectivity index (χ0) is 10.1. The lowest BCUT2D eigenvalue weighted by Crippen LogP contribution is -2.29. The summed E-state index contributed by atoms with van der Waals surface area (Å²) in [6, 6.07) is -0.369. The average Bonchev–Trinajstić information content (AvgIpc) is 2.57. The van der Waals surface area contributed by atoms with Crippen molar-refractivity contribution in [2.24, 2.45) is 16.6 Å². The Morgan fingerprint density at radius 3 is 3.00 bits per heavy atom. The predicted octanol–water partition coefficient (Wildman–Crippen LogP) is 1.08. The van der Waals surface area contributed by atoms with E-state index in [1.165, 1.54) is 6.08 Å². The minimum Gasteiger partial charge on any atom is -0.463 e. The quantitative estimate of drug-likeness (QED) is 0.688. The number of ether oxygens (including phenoxy) is 1. The Morgan fingerprint density at radius 2 is 2.36 bits per heavy atom. The average molecular weight is 200 g/mol. The van der Waals surface area contributed by atoms with Gasteiger partial charge in [0.05, 0.1) is 6.04 Å². The lowest BCUT2D eigenvalue weighted by Gasteiger charge is -2.21. The van der Waals surface area contributed by atoms with Gasteiger partial charge in [-0.25, -0.2) is 13.8 Å². The van der Waals surface area contributed by atoms with Crippen molar-refractivity contribution < 1.29 is 13.5 Å². The number of nitrogens with zero attached hydrogens (tertiary/aromatic N) is 1. The monoisotopic (exact) mass is 200 g/mol. The minimum atomic E-state index is -1.64. The molecule has 0 saturated carbocycles. The van der Waals surface area contributed by atoms with Crippen molar-refractivity contribution in [1.82, 2.24) is 0 Å². The van der Waals surface area contributed by atoms with Gasteiger partial charge in [-0.15, -0.1) is 0 Å². The second-order valence-corrected chi connectivity index (χ2v) is 3.26. The topological polar surface area (TPSA) is 47.6 Å². The number of hydrogen-bond acceptors (Lipinski definition) is 3. The normalized spacial score (nSPS) is 36.3. The van der Waals surface area contributed by atoms with Gasteiger partial charge in [-0.05, 0) is 6.08 Å². The SMILES string of the molecule is NC1=N[C@@H](C2C=CC=C(F)C2F)CO1. The van der Waals surface area contributed by atoms with E-state index in [9.17, 15) is 8.78 Å². The molecule has 0 bridgehead atoms.